The van der Waals surface area contributed by atoms with Crippen LogP contribution in [0.1, 0.15) is 29.1 Å². The molecule has 2 heterocycles. The molecule has 0 aliphatic carbocycles. The fourth-order valence-electron chi connectivity index (χ4n) is 2.50. The maximum absolute atomic E-state index is 11.2. The summed E-state index contributed by atoms with van der Waals surface area (Å²) in [6, 6.07) is 6.69. The summed E-state index contributed by atoms with van der Waals surface area (Å²) in [5, 5.41) is 17.3. The van der Waals surface area contributed by atoms with Crippen molar-refractivity contribution in [3.05, 3.63) is 35.7 Å². The Hall–Kier alpha value is -1.82. The quantitative estimate of drug-likeness (QED) is 0.935. The average molecular weight is 304 g/mol. The fraction of sp³-hybridized carbons (Fsp3) is 0.400. The predicted molar refractivity (Wildman–Crippen MR) is 80.4 cm³/mol. The second-order valence-corrected chi connectivity index (χ2v) is 6.34. The normalized spacial score (nSPS) is 16.0. The molecule has 5 nitrogen and oxygen atoms in total. The van der Waals surface area contributed by atoms with E-state index in [9.17, 15) is 9.90 Å². The lowest BCUT2D eigenvalue weighted by Crippen LogP contribution is -2.12. The summed E-state index contributed by atoms with van der Waals surface area (Å²) < 4.78 is 5.67. The van der Waals surface area contributed by atoms with Crippen molar-refractivity contribution in [2.24, 2.45) is 5.92 Å². The van der Waals surface area contributed by atoms with Gasteiger partial charge in [-0.2, -0.15) is 11.8 Å². The molecule has 0 bridgehead atoms. The molecule has 6 heteroatoms. The van der Waals surface area contributed by atoms with E-state index in [1.54, 1.807) is 24.3 Å². The zero-order valence-electron chi connectivity index (χ0n) is 11.5. The van der Waals surface area contributed by atoms with Crippen LogP contribution >= 0.6 is 11.8 Å². The van der Waals surface area contributed by atoms with Crippen molar-refractivity contribution < 1.29 is 14.3 Å². The lowest BCUT2D eigenvalue weighted by atomic mass is 9.99. The van der Waals surface area contributed by atoms with Gasteiger partial charge in [0.15, 0.2) is 0 Å². The third-order valence-corrected chi connectivity index (χ3v) is 4.71. The number of benzene rings is 1. The molecule has 1 aliphatic rings. The van der Waals surface area contributed by atoms with Crippen molar-refractivity contribution in [1.29, 1.82) is 0 Å². The summed E-state index contributed by atoms with van der Waals surface area (Å²) >= 11 is 1.98. The first kappa shape index (κ1) is 14.1. The first-order chi connectivity index (χ1) is 10.2. The number of hydrogen-bond acceptors (Lipinski definition) is 5. The Morgan fingerprint density at radius 3 is 2.81 bits per heavy atom. The molecule has 2 aromatic rings. The fourth-order valence-corrected chi connectivity index (χ4v) is 3.70. The summed E-state index contributed by atoms with van der Waals surface area (Å²) in [5.74, 6) is 2.86. The molecule has 1 fully saturated rings. The molecule has 0 atom stereocenters. The average Bonchev–Trinajstić information content (AvgIpc) is 2.96. The van der Waals surface area contributed by atoms with Crippen LogP contribution in [0.25, 0.3) is 11.5 Å². The highest BCUT2D eigenvalue weighted by atomic mass is 32.2. The lowest BCUT2D eigenvalue weighted by Gasteiger charge is -2.19. The Labute approximate surface area is 126 Å². The van der Waals surface area contributed by atoms with Gasteiger partial charge in [-0.15, -0.1) is 10.2 Å². The lowest BCUT2D eigenvalue weighted by molar-refractivity contribution is 0.0697. The largest absolute Gasteiger partial charge is 0.478 e. The van der Waals surface area contributed by atoms with Gasteiger partial charge in [0, 0.05) is 6.42 Å². The van der Waals surface area contributed by atoms with E-state index in [0.717, 1.165) is 6.42 Å². The summed E-state index contributed by atoms with van der Waals surface area (Å²) in [6.45, 7) is 0. The van der Waals surface area contributed by atoms with Gasteiger partial charge in [-0.05, 0) is 42.4 Å². The summed E-state index contributed by atoms with van der Waals surface area (Å²) in [7, 11) is 0. The standard InChI is InChI=1S/C15H16N2O3S/c18-15(19)12-4-2-1-3-11(12)14-17-16-13(20-14)9-10-5-7-21-8-6-10/h1-4,10H,5-9H2,(H,18,19). The van der Waals surface area contributed by atoms with Crippen LogP contribution in [0.5, 0.6) is 0 Å². The Balaban J connectivity index is 1.80. The van der Waals surface area contributed by atoms with E-state index in [0.29, 0.717) is 17.4 Å². The van der Waals surface area contributed by atoms with Crippen molar-refractivity contribution in [1.82, 2.24) is 10.2 Å². The third-order valence-electron chi connectivity index (χ3n) is 3.66. The first-order valence-electron chi connectivity index (χ1n) is 6.97. The molecule has 1 N–H and O–H groups in total. The number of rotatable bonds is 4. The van der Waals surface area contributed by atoms with Gasteiger partial charge in [-0.3, -0.25) is 0 Å². The maximum Gasteiger partial charge on any atom is 0.336 e. The molecule has 3 rings (SSSR count). The van der Waals surface area contributed by atoms with Crippen molar-refractivity contribution in [2.75, 3.05) is 11.5 Å². The second-order valence-electron chi connectivity index (χ2n) is 5.11. The zero-order valence-corrected chi connectivity index (χ0v) is 12.3. The van der Waals surface area contributed by atoms with Crippen molar-refractivity contribution in [2.45, 2.75) is 19.3 Å². The van der Waals surface area contributed by atoms with Crippen molar-refractivity contribution in [3.63, 3.8) is 0 Å². The van der Waals surface area contributed by atoms with Crippen LogP contribution in [0.4, 0.5) is 0 Å². The van der Waals surface area contributed by atoms with Crippen molar-refractivity contribution in [3.8, 4) is 11.5 Å². The van der Waals surface area contributed by atoms with Gasteiger partial charge in [0.05, 0.1) is 11.1 Å². The number of carbonyl (C=O) groups is 1. The van der Waals surface area contributed by atoms with E-state index in [-0.39, 0.29) is 11.5 Å². The monoisotopic (exact) mass is 304 g/mol. The van der Waals surface area contributed by atoms with Crippen LogP contribution < -0.4 is 0 Å². The molecule has 1 aromatic carbocycles. The predicted octanol–water partition coefficient (Wildman–Crippen LogP) is 3.12. The number of aromatic nitrogens is 2. The molecular formula is C15H16N2O3S. The molecule has 1 aromatic heterocycles. The number of thioether (sulfide) groups is 1. The van der Waals surface area contributed by atoms with E-state index < -0.39 is 5.97 Å². The van der Waals surface area contributed by atoms with E-state index in [2.05, 4.69) is 10.2 Å². The summed E-state index contributed by atoms with van der Waals surface area (Å²) in [4.78, 5) is 11.2. The van der Waals surface area contributed by atoms with E-state index in [1.165, 1.54) is 24.3 Å². The van der Waals surface area contributed by atoms with Gasteiger partial charge < -0.3 is 9.52 Å². The topological polar surface area (TPSA) is 76.2 Å². The molecule has 0 amide bonds. The van der Waals surface area contributed by atoms with Crippen LogP contribution in [0.15, 0.2) is 28.7 Å². The number of carboxylic acids is 1. The van der Waals surface area contributed by atoms with E-state index in [1.807, 2.05) is 11.8 Å². The first-order valence-corrected chi connectivity index (χ1v) is 8.12. The van der Waals surface area contributed by atoms with Gasteiger partial charge in [-0.25, -0.2) is 4.79 Å². The van der Waals surface area contributed by atoms with Crippen LogP contribution in [0, 0.1) is 5.92 Å². The minimum absolute atomic E-state index is 0.182. The Bertz CT molecular complexity index is 635. The molecule has 0 unspecified atom stereocenters. The minimum atomic E-state index is -0.991. The Morgan fingerprint density at radius 1 is 1.29 bits per heavy atom. The van der Waals surface area contributed by atoms with Gasteiger partial charge in [0.25, 0.3) is 0 Å². The van der Waals surface area contributed by atoms with Gasteiger partial charge in [-0.1, -0.05) is 12.1 Å². The summed E-state index contributed by atoms with van der Waals surface area (Å²) in [6.07, 6.45) is 3.13. The molecule has 0 saturated carbocycles. The number of nitrogens with zero attached hydrogens (tertiary/aromatic N) is 2. The highest BCUT2D eigenvalue weighted by Gasteiger charge is 2.20. The van der Waals surface area contributed by atoms with E-state index >= 15 is 0 Å². The van der Waals surface area contributed by atoms with Crippen LogP contribution in [-0.4, -0.2) is 32.8 Å². The van der Waals surface area contributed by atoms with Crippen LogP contribution in [0.2, 0.25) is 0 Å². The summed E-state index contributed by atoms with van der Waals surface area (Å²) in [5.41, 5.74) is 0.657. The van der Waals surface area contributed by atoms with Crippen LogP contribution in [-0.2, 0) is 6.42 Å². The second kappa shape index (κ2) is 6.30. The molecule has 0 spiro atoms. The number of hydrogen-bond donors (Lipinski definition) is 1. The molecule has 110 valence electrons. The number of carboxylic acid groups (broad SMARTS) is 1. The van der Waals surface area contributed by atoms with Gasteiger partial charge in [0.1, 0.15) is 0 Å². The Morgan fingerprint density at radius 2 is 2.05 bits per heavy atom. The molecule has 0 radical (unpaired) electrons. The third kappa shape index (κ3) is 3.26. The van der Waals surface area contributed by atoms with Gasteiger partial charge >= 0.3 is 5.97 Å². The SMILES string of the molecule is O=C(O)c1ccccc1-c1nnc(CC2CCSCC2)o1. The Kier molecular flexibility index (Phi) is 4.24. The maximum atomic E-state index is 11.2. The highest BCUT2D eigenvalue weighted by Crippen LogP contribution is 2.27. The molecule has 1 aliphatic heterocycles. The zero-order chi connectivity index (χ0) is 14.7. The van der Waals surface area contributed by atoms with E-state index in [4.69, 9.17) is 4.42 Å². The minimum Gasteiger partial charge on any atom is -0.478 e. The van der Waals surface area contributed by atoms with Crippen molar-refractivity contribution >= 4 is 17.7 Å². The van der Waals surface area contributed by atoms with Crippen LogP contribution in [0.3, 0.4) is 0 Å². The molecule has 1 saturated heterocycles. The highest BCUT2D eigenvalue weighted by molar-refractivity contribution is 7.99. The smallest absolute Gasteiger partial charge is 0.336 e. The number of aromatic carboxylic acids is 1. The molecule has 21 heavy (non-hydrogen) atoms. The molecular weight excluding hydrogens is 288 g/mol. The van der Waals surface area contributed by atoms with Gasteiger partial charge in [0.2, 0.25) is 11.8 Å².